The molecule has 168 valence electrons. The first-order valence-corrected chi connectivity index (χ1v) is 12.4. The van der Waals surface area contributed by atoms with Gasteiger partial charge in [0.1, 0.15) is 18.1 Å². The molecular weight excluding hydrogens is 473 g/mol. The summed E-state index contributed by atoms with van der Waals surface area (Å²) in [6, 6.07) is 0. The Morgan fingerprint density at radius 3 is 2.57 bits per heavy atom. The molecule has 0 bridgehead atoms. The minimum Gasteiger partial charge on any atom is -0.382 e. The Bertz CT molecular complexity index is 1060. The molecule has 0 aromatic carbocycles. The summed E-state index contributed by atoms with van der Waals surface area (Å²) in [6.45, 7) is -0.0892. The molecule has 1 fully saturated rings. The first-order chi connectivity index (χ1) is 13.9. The lowest BCUT2D eigenvalue weighted by molar-refractivity contribution is -0.0920. The number of phosphoric ester groups is 1. The van der Waals surface area contributed by atoms with Crippen LogP contribution in [-0.4, -0.2) is 64.9 Å². The van der Waals surface area contributed by atoms with E-state index >= 15 is 0 Å². The maximum absolute atomic E-state index is 11.8. The summed E-state index contributed by atoms with van der Waals surface area (Å²) < 4.78 is 52.9. The maximum Gasteiger partial charge on any atom is 0.490 e. The fourth-order valence-electron chi connectivity index (χ4n) is 2.51. The van der Waals surface area contributed by atoms with Crippen molar-refractivity contribution in [1.29, 1.82) is 0 Å². The molecule has 3 rings (SSSR count). The minimum atomic E-state index is -5.59. The maximum atomic E-state index is 11.8. The van der Waals surface area contributed by atoms with Crippen LogP contribution >= 0.6 is 23.5 Å². The average Bonchev–Trinajstić information content (AvgIpc) is 3.03. The summed E-state index contributed by atoms with van der Waals surface area (Å²) in [7, 11) is -16.3. The number of hydrogen-bond donors (Lipinski definition) is 6. The number of phosphoric acid groups is 3. The lowest BCUT2D eigenvalue weighted by Gasteiger charge is -2.31. The van der Waals surface area contributed by atoms with Gasteiger partial charge in [-0.2, -0.15) is 8.62 Å². The van der Waals surface area contributed by atoms with Crippen molar-refractivity contribution in [3.8, 4) is 0 Å². The van der Waals surface area contributed by atoms with Crippen molar-refractivity contribution in [2.75, 3.05) is 25.4 Å². The number of rotatable bonds is 8. The van der Waals surface area contributed by atoms with Crippen LogP contribution < -0.4 is 11.1 Å². The fourth-order valence-corrected chi connectivity index (χ4v) is 5.56. The van der Waals surface area contributed by atoms with E-state index in [2.05, 4.69) is 33.4 Å². The van der Waals surface area contributed by atoms with E-state index in [1.807, 2.05) is 0 Å². The van der Waals surface area contributed by atoms with E-state index in [1.165, 1.54) is 12.7 Å². The summed E-state index contributed by atoms with van der Waals surface area (Å²) in [5, 5.41) is 3.00. The van der Waals surface area contributed by atoms with Crippen LogP contribution in [0.4, 0.5) is 5.82 Å². The van der Waals surface area contributed by atoms with Gasteiger partial charge in [-0.1, -0.05) is 0 Å². The van der Waals surface area contributed by atoms with Gasteiger partial charge in [-0.05, 0) is 0 Å². The van der Waals surface area contributed by atoms with Gasteiger partial charge in [0.15, 0.2) is 11.5 Å². The van der Waals surface area contributed by atoms with Crippen molar-refractivity contribution < 1.29 is 51.2 Å². The highest BCUT2D eigenvalue weighted by atomic mass is 31.3. The van der Waals surface area contributed by atoms with Crippen LogP contribution in [0.5, 0.6) is 0 Å². The number of nitrogens with one attached hydrogen (secondary N) is 1. The van der Waals surface area contributed by atoms with Crippen LogP contribution in [0.25, 0.3) is 11.2 Å². The van der Waals surface area contributed by atoms with Crippen molar-refractivity contribution in [2.45, 2.75) is 12.3 Å². The molecule has 17 nitrogen and oxygen atoms in total. The number of ether oxygens (including phenoxy) is 1. The number of imidazole rings is 1. The van der Waals surface area contributed by atoms with Crippen molar-refractivity contribution >= 4 is 40.4 Å². The summed E-state index contributed by atoms with van der Waals surface area (Å²) in [6.07, 6.45) is 1.18. The molecule has 2 aromatic heterocycles. The number of anilines is 1. The van der Waals surface area contributed by atoms with E-state index < -0.39 is 42.4 Å². The largest absolute Gasteiger partial charge is 0.490 e. The Morgan fingerprint density at radius 2 is 1.87 bits per heavy atom. The second kappa shape index (κ2) is 8.67. The van der Waals surface area contributed by atoms with E-state index in [9.17, 15) is 18.6 Å². The quantitative estimate of drug-likeness (QED) is 0.249. The van der Waals surface area contributed by atoms with Gasteiger partial charge >= 0.3 is 23.5 Å². The molecule has 7 N–H and O–H groups in total. The topological polar surface area (TPSA) is 251 Å². The Balaban J connectivity index is 1.62. The van der Waals surface area contributed by atoms with Crippen molar-refractivity contribution in [2.24, 2.45) is 0 Å². The molecule has 3 heterocycles. The summed E-state index contributed by atoms with van der Waals surface area (Å²) >= 11 is 0. The Hall–Kier alpha value is -1.32. The Labute approximate surface area is 167 Å². The van der Waals surface area contributed by atoms with Gasteiger partial charge in [0.25, 0.3) is 0 Å². The van der Waals surface area contributed by atoms with E-state index in [1.54, 1.807) is 4.57 Å². The Kier molecular flexibility index (Phi) is 6.74. The number of nitrogens with two attached hydrogens (primary N) is 1. The van der Waals surface area contributed by atoms with Crippen molar-refractivity contribution in [1.82, 2.24) is 24.8 Å². The zero-order valence-electron chi connectivity index (χ0n) is 14.8. The van der Waals surface area contributed by atoms with E-state index in [0.717, 1.165) is 0 Å². The summed E-state index contributed by atoms with van der Waals surface area (Å²) in [5.41, 5.74) is 6.48. The molecule has 2 aromatic rings. The predicted molar refractivity (Wildman–Crippen MR) is 96.3 cm³/mol. The summed E-state index contributed by atoms with van der Waals surface area (Å²) in [5.74, 6) is 0.173. The molecule has 4 unspecified atom stereocenters. The van der Waals surface area contributed by atoms with E-state index in [4.69, 9.17) is 25.2 Å². The van der Waals surface area contributed by atoms with Crippen LogP contribution in [0, 0.1) is 0 Å². The fraction of sp³-hybridized carbons (Fsp3) is 0.500. The monoisotopic (exact) mass is 490 g/mol. The Morgan fingerprint density at radius 1 is 1.13 bits per heavy atom. The predicted octanol–water partition coefficient (Wildman–Crippen LogP) is -0.761. The molecule has 1 aliphatic heterocycles. The second-order valence-electron chi connectivity index (χ2n) is 5.84. The van der Waals surface area contributed by atoms with E-state index in [-0.39, 0.29) is 12.4 Å². The molecule has 30 heavy (non-hydrogen) atoms. The van der Waals surface area contributed by atoms with Crippen LogP contribution in [0.2, 0.25) is 0 Å². The molecule has 0 amide bonds. The smallest absolute Gasteiger partial charge is 0.382 e. The first kappa shape index (κ1) is 23.3. The molecule has 4 atom stereocenters. The van der Waals surface area contributed by atoms with Gasteiger partial charge in [-0.25, -0.2) is 28.6 Å². The molecular formula is C10H17N6O11P3. The number of nitrogen functional groups attached to an aromatic ring is 1. The summed E-state index contributed by atoms with van der Waals surface area (Å²) in [4.78, 5) is 47.7. The van der Waals surface area contributed by atoms with Gasteiger partial charge in [-0.3, -0.25) is 9.09 Å². The zero-order valence-corrected chi connectivity index (χ0v) is 17.5. The SMILES string of the molecule is Nc1ncnc2c1ncn2C1CNCC(COP(=O)(O)OP(=O)(O)OP(=O)(O)O)O1. The number of fused-ring (bicyclic) bond motifs is 1. The minimum absolute atomic E-state index is 0.173. The highest BCUT2D eigenvalue weighted by Crippen LogP contribution is 2.66. The second-order valence-corrected chi connectivity index (χ2v) is 10.3. The van der Waals surface area contributed by atoms with Gasteiger partial charge in [-0.15, -0.1) is 0 Å². The van der Waals surface area contributed by atoms with Crippen molar-refractivity contribution in [3.63, 3.8) is 0 Å². The highest BCUT2D eigenvalue weighted by Gasteiger charge is 2.41. The molecule has 0 radical (unpaired) electrons. The third-order valence-corrected chi connectivity index (χ3v) is 7.38. The highest BCUT2D eigenvalue weighted by molar-refractivity contribution is 7.66. The number of nitrogens with zero attached hydrogens (tertiary/aromatic N) is 4. The first-order valence-electron chi connectivity index (χ1n) is 7.93. The van der Waals surface area contributed by atoms with Gasteiger partial charge < -0.3 is 35.4 Å². The van der Waals surface area contributed by atoms with Gasteiger partial charge in [0.05, 0.1) is 19.0 Å². The number of aromatic nitrogens is 4. The van der Waals surface area contributed by atoms with Gasteiger partial charge in [0, 0.05) is 13.1 Å². The third kappa shape index (κ3) is 6.11. The van der Waals surface area contributed by atoms with Gasteiger partial charge in [0.2, 0.25) is 0 Å². The van der Waals surface area contributed by atoms with Crippen molar-refractivity contribution in [3.05, 3.63) is 12.7 Å². The van der Waals surface area contributed by atoms with Crippen LogP contribution in [-0.2, 0) is 31.6 Å². The normalized spacial score (nSPS) is 24.4. The lowest BCUT2D eigenvalue weighted by atomic mass is 10.3. The number of hydrogen-bond acceptors (Lipinski definition) is 12. The molecule has 0 saturated carbocycles. The third-order valence-electron chi connectivity index (χ3n) is 3.58. The van der Waals surface area contributed by atoms with Crippen LogP contribution in [0.15, 0.2) is 12.7 Å². The molecule has 0 spiro atoms. The van der Waals surface area contributed by atoms with Crippen LogP contribution in [0.1, 0.15) is 6.23 Å². The molecule has 1 saturated heterocycles. The molecule has 20 heteroatoms. The molecule has 0 aliphatic carbocycles. The lowest BCUT2D eigenvalue weighted by Crippen LogP contribution is -2.44. The van der Waals surface area contributed by atoms with Crippen LogP contribution in [0.3, 0.4) is 0 Å². The standard InChI is InChI=1S/C10H17N6O11P3/c11-9-8-10(14-4-13-9)16(5-15-8)7-2-12-1-6(25-7)3-24-29(20,21)27-30(22,23)26-28(17,18)19/h4-7,12H,1-3H2,(H,20,21)(H,22,23)(H2,11,13,14)(H2,17,18,19). The average molecular weight is 490 g/mol. The number of morpholine rings is 1. The zero-order chi connectivity index (χ0) is 22.2. The molecule has 1 aliphatic rings. The van der Waals surface area contributed by atoms with E-state index in [0.29, 0.717) is 17.7 Å².